The van der Waals surface area contributed by atoms with Crippen LogP contribution in [0, 0.1) is 11.8 Å². The van der Waals surface area contributed by atoms with E-state index in [9.17, 15) is 13.2 Å². The molecule has 0 radical (unpaired) electrons. The van der Waals surface area contributed by atoms with Crippen molar-refractivity contribution < 1.29 is 32.1 Å². The van der Waals surface area contributed by atoms with Crippen molar-refractivity contribution in [2.45, 2.75) is 51.4 Å². The molecule has 0 amide bonds. The molecule has 0 N–H and O–H groups in total. The normalized spacial score (nSPS) is 29.6. The van der Waals surface area contributed by atoms with Gasteiger partial charge in [0.25, 0.3) is 0 Å². The number of hydrogen-bond acceptors (Lipinski definition) is 4. The second-order valence-corrected chi connectivity index (χ2v) is 7.31. The second kappa shape index (κ2) is 9.37. The lowest BCUT2D eigenvalue weighted by molar-refractivity contribution is -0.220. The summed E-state index contributed by atoms with van der Waals surface area (Å²) in [5.41, 5.74) is -0.0732. The second-order valence-electron chi connectivity index (χ2n) is 7.31. The van der Waals surface area contributed by atoms with E-state index in [0.29, 0.717) is 24.7 Å². The van der Waals surface area contributed by atoms with Gasteiger partial charge in [0.1, 0.15) is 0 Å². The fraction of sp³-hybridized carbons (Fsp3) is 0.700. The summed E-state index contributed by atoms with van der Waals surface area (Å²) < 4.78 is 60.8. The smallest absolute Gasteiger partial charge is 0.352 e. The van der Waals surface area contributed by atoms with E-state index in [1.807, 2.05) is 0 Å². The SMILES string of the molecule is CCCC1COC(CCC2COC(c3ccc(C(F)(F)F)cc3)OC2)OC1. The Balaban J connectivity index is 1.38. The van der Waals surface area contributed by atoms with Crippen LogP contribution in [0.4, 0.5) is 13.2 Å². The average molecular weight is 388 g/mol. The van der Waals surface area contributed by atoms with Gasteiger partial charge in [-0.1, -0.05) is 25.5 Å². The van der Waals surface area contributed by atoms with Crippen molar-refractivity contribution in [3.8, 4) is 0 Å². The number of rotatable bonds is 6. The van der Waals surface area contributed by atoms with E-state index in [1.54, 1.807) is 0 Å². The Kier molecular flexibility index (Phi) is 7.14. The lowest BCUT2D eigenvalue weighted by Gasteiger charge is -2.32. The Morgan fingerprint density at radius 1 is 0.815 bits per heavy atom. The monoisotopic (exact) mass is 388 g/mol. The average Bonchev–Trinajstić information content (AvgIpc) is 2.68. The van der Waals surface area contributed by atoms with E-state index >= 15 is 0 Å². The molecule has 2 heterocycles. The third-order valence-electron chi connectivity index (χ3n) is 5.02. The van der Waals surface area contributed by atoms with Crippen LogP contribution in [-0.2, 0) is 25.1 Å². The molecule has 2 aliphatic rings. The highest BCUT2D eigenvalue weighted by Crippen LogP contribution is 2.32. The van der Waals surface area contributed by atoms with Crippen molar-refractivity contribution in [2.75, 3.05) is 26.4 Å². The van der Waals surface area contributed by atoms with Gasteiger partial charge in [0.15, 0.2) is 12.6 Å². The summed E-state index contributed by atoms with van der Waals surface area (Å²) in [5, 5.41) is 0. The van der Waals surface area contributed by atoms with Crippen molar-refractivity contribution in [3.63, 3.8) is 0 Å². The first kappa shape index (κ1) is 20.6. The van der Waals surface area contributed by atoms with Crippen molar-refractivity contribution >= 4 is 0 Å². The Morgan fingerprint density at radius 2 is 1.37 bits per heavy atom. The molecular weight excluding hydrogens is 361 g/mol. The topological polar surface area (TPSA) is 36.9 Å². The molecule has 27 heavy (non-hydrogen) atoms. The van der Waals surface area contributed by atoms with Gasteiger partial charge in [-0.25, -0.2) is 0 Å². The van der Waals surface area contributed by atoms with Crippen LogP contribution in [0.2, 0.25) is 0 Å². The zero-order chi connectivity index (χ0) is 19.3. The molecule has 1 aromatic carbocycles. The summed E-state index contributed by atoms with van der Waals surface area (Å²) in [6.07, 6.45) is -1.19. The van der Waals surface area contributed by atoms with E-state index in [1.165, 1.54) is 12.1 Å². The summed E-state index contributed by atoms with van der Waals surface area (Å²) >= 11 is 0. The zero-order valence-electron chi connectivity index (χ0n) is 15.5. The third-order valence-corrected chi connectivity index (χ3v) is 5.02. The number of alkyl halides is 3. The largest absolute Gasteiger partial charge is 0.416 e. The Hall–Kier alpha value is -1.15. The first-order valence-corrected chi connectivity index (χ1v) is 9.59. The van der Waals surface area contributed by atoms with E-state index in [2.05, 4.69) is 6.92 Å². The van der Waals surface area contributed by atoms with Gasteiger partial charge in [-0.3, -0.25) is 0 Å². The predicted molar refractivity (Wildman–Crippen MR) is 92.9 cm³/mol. The van der Waals surface area contributed by atoms with Gasteiger partial charge in [0, 0.05) is 17.4 Å². The van der Waals surface area contributed by atoms with Gasteiger partial charge in [-0.05, 0) is 31.4 Å². The molecule has 4 nitrogen and oxygen atoms in total. The van der Waals surface area contributed by atoms with Gasteiger partial charge in [-0.2, -0.15) is 13.2 Å². The highest BCUT2D eigenvalue weighted by Gasteiger charge is 2.31. The van der Waals surface area contributed by atoms with Crippen LogP contribution >= 0.6 is 0 Å². The molecule has 2 saturated heterocycles. The van der Waals surface area contributed by atoms with Crippen LogP contribution < -0.4 is 0 Å². The number of benzene rings is 1. The molecular formula is C20H27F3O4. The fourth-order valence-electron chi connectivity index (χ4n) is 3.43. The first-order valence-electron chi connectivity index (χ1n) is 9.59. The van der Waals surface area contributed by atoms with Gasteiger partial charge >= 0.3 is 6.18 Å². The van der Waals surface area contributed by atoms with Crippen molar-refractivity contribution in [1.82, 2.24) is 0 Å². The highest BCUT2D eigenvalue weighted by atomic mass is 19.4. The Morgan fingerprint density at radius 3 is 1.93 bits per heavy atom. The summed E-state index contributed by atoms with van der Waals surface area (Å²) in [6, 6.07) is 4.92. The zero-order valence-corrected chi connectivity index (χ0v) is 15.5. The molecule has 2 aliphatic heterocycles. The predicted octanol–water partition coefficient (Wildman–Crippen LogP) is 4.94. The minimum absolute atomic E-state index is 0.161. The Labute approximate surface area is 157 Å². The van der Waals surface area contributed by atoms with E-state index in [4.69, 9.17) is 18.9 Å². The van der Waals surface area contributed by atoms with Gasteiger partial charge in [0.2, 0.25) is 0 Å². The first-order chi connectivity index (χ1) is 13.0. The number of halogens is 3. The molecule has 0 aliphatic carbocycles. The maximum absolute atomic E-state index is 12.6. The standard InChI is InChI=1S/C20H27F3O4/c1-2-3-14-10-24-18(25-11-14)9-4-15-12-26-19(27-13-15)16-5-7-17(8-6-16)20(21,22)23/h5-8,14-15,18-19H,2-4,9-13H2,1H3. The minimum atomic E-state index is -4.34. The van der Waals surface area contributed by atoms with Crippen LogP contribution in [-0.4, -0.2) is 32.7 Å². The summed E-state index contributed by atoms with van der Waals surface area (Å²) in [7, 11) is 0. The molecule has 1 aromatic rings. The van der Waals surface area contributed by atoms with E-state index < -0.39 is 18.0 Å². The molecule has 7 heteroatoms. The molecule has 0 saturated carbocycles. The Bertz CT molecular complexity index is 560. The third kappa shape index (κ3) is 5.91. The minimum Gasteiger partial charge on any atom is -0.352 e. The van der Waals surface area contributed by atoms with Gasteiger partial charge in [0.05, 0.1) is 32.0 Å². The number of hydrogen-bond donors (Lipinski definition) is 0. The molecule has 0 unspecified atom stereocenters. The van der Waals surface area contributed by atoms with Gasteiger partial charge in [-0.15, -0.1) is 0 Å². The lowest BCUT2D eigenvalue weighted by atomic mass is 10.0. The lowest BCUT2D eigenvalue weighted by Crippen LogP contribution is -2.33. The molecule has 0 bridgehead atoms. The molecule has 2 fully saturated rings. The van der Waals surface area contributed by atoms with Crippen LogP contribution in [0.15, 0.2) is 24.3 Å². The van der Waals surface area contributed by atoms with Crippen LogP contribution in [0.5, 0.6) is 0 Å². The molecule has 0 atom stereocenters. The molecule has 3 rings (SSSR count). The van der Waals surface area contributed by atoms with Crippen LogP contribution in [0.1, 0.15) is 50.0 Å². The van der Waals surface area contributed by atoms with Crippen molar-refractivity contribution in [1.29, 1.82) is 0 Å². The molecule has 0 aromatic heterocycles. The maximum atomic E-state index is 12.6. The molecule has 152 valence electrons. The van der Waals surface area contributed by atoms with E-state index in [0.717, 1.165) is 51.0 Å². The van der Waals surface area contributed by atoms with Crippen LogP contribution in [0.3, 0.4) is 0 Å². The van der Waals surface area contributed by atoms with Gasteiger partial charge < -0.3 is 18.9 Å². The summed E-state index contributed by atoms with van der Waals surface area (Å²) in [6.45, 7) is 4.69. The van der Waals surface area contributed by atoms with E-state index in [-0.39, 0.29) is 12.2 Å². The van der Waals surface area contributed by atoms with Crippen molar-refractivity contribution in [2.24, 2.45) is 11.8 Å². The molecule has 0 spiro atoms. The summed E-state index contributed by atoms with van der Waals surface area (Å²) in [4.78, 5) is 0. The highest BCUT2D eigenvalue weighted by molar-refractivity contribution is 5.25. The number of ether oxygens (including phenoxy) is 4. The summed E-state index contributed by atoms with van der Waals surface area (Å²) in [5.74, 6) is 0.730. The van der Waals surface area contributed by atoms with Crippen LogP contribution in [0.25, 0.3) is 0 Å². The fourth-order valence-corrected chi connectivity index (χ4v) is 3.43. The maximum Gasteiger partial charge on any atom is 0.416 e. The van der Waals surface area contributed by atoms with Crippen molar-refractivity contribution in [3.05, 3.63) is 35.4 Å². The quantitative estimate of drug-likeness (QED) is 0.692.